The number of carboxylic acid groups (broad SMARTS) is 1. The molecular formula is C10H9ClF3N3O2. The van der Waals surface area contributed by atoms with Gasteiger partial charge >= 0.3 is 12.1 Å². The third-order valence-corrected chi connectivity index (χ3v) is 3.14. The van der Waals surface area contributed by atoms with E-state index in [1.807, 2.05) is 0 Å². The summed E-state index contributed by atoms with van der Waals surface area (Å²) in [5.41, 5.74) is 0. The predicted molar refractivity (Wildman–Crippen MR) is 59.9 cm³/mol. The van der Waals surface area contributed by atoms with Crippen molar-refractivity contribution in [2.75, 3.05) is 18.0 Å². The van der Waals surface area contributed by atoms with Gasteiger partial charge in [0.1, 0.15) is 0 Å². The maximum atomic E-state index is 12.8. The number of hydrogen-bond acceptors (Lipinski definition) is 4. The van der Waals surface area contributed by atoms with Crippen molar-refractivity contribution in [2.45, 2.75) is 6.18 Å². The van der Waals surface area contributed by atoms with Crippen molar-refractivity contribution < 1.29 is 23.1 Å². The molecule has 0 radical (unpaired) electrons. The lowest BCUT2D eigenvalue weighted by atomic mass is 9.96. The molecule has 1 aromatic heterocycles. The fraction of sp³-hybridized carbons (Fsp3) is 0.500. The highest BCUT2D eigenvalue weighted by Crippen LogP contribution is 2.38. The zero-order valence-electron chi connectivity index (χ0n) is 9.43. The first-order valence-corrected chi connectivity index (χ1v) is 5.69. The Hall–Kier alpha value is -1.57. The Kier molecular flexibility index (Phi) is 3.53. The van der Waals surface area contributed by atoms with Crippen LogP contribution in [0.4, 0.5) is 19.1 Å². The molecule has 104 valence electrons. The molecule has 1 aromatic rings. The van der Waals surface area contributed by atoms with E-state index in [2.05, 4.69) is 9.97 Å². The molecule has 1 N–H and O–H groups in total. The van der Waals surface area contributed by atoms with Gasteiger partial charge < -0.3 is 10.0 Å². The number of halogens is 4. The molecule has 1 aliphatic rings. The highest BCUT2D eigenvalue weighted by Gasteiger charge is 2.53. The smallest absolute Gasteiger partial charge is 0.394 e. The fourth-order valence-electron chi connectivity index (χ4n) is 2.02. The van der Waals surface area contributed by atoms with Gasteiger partial charge in [-0.1, -0.05) is 11.6 Å². The molecule has 0 aromatic carbocycles. The molecule has 0 saturated carbocycles. The summed E-state index contributed by atoms with van der Waals surface area (Å²) in [6, 6.07) is 0. The maximum absolute atomic E-state index is 12.8. The second kappa shape index (κ2) is 4.84. The lowest BCUT2D eigenvalue weighted by Crippen LogP contribution is -2.33. The van der Waals surface area contributed by atoms with Gasteiger partial charge in [0.25, 0.3) is 0 Å². The van der Waals surface area contributed by atoms with Crippen LogP contribution in [0.15, 0.2) is 12.4 Å². The molecule has 2 atom stereocenters. The van der Waals surface area contributed by atoms with E-state index in [-0.39, 0.29) is 17.5 Å². The fourth-order valence-corrected chi connectivity index (χ4v) is 2.12. The Morgan fingerprint density at radius 1 is 1.37 bits per heavy atom. The van der Waals surface area contributed by atoms with Gasteiger partial charge in [0, 0.05) is 13.1 Å². The van der Waals surface area contributed by atoms with Gasteiger partial charge in [-0.25, -0.2) is 9.97 Å². The highest BCUT2D eigenvalue weighted by atomic mass is 35.5. The van der Waals surface area contributed by atoms with Gasteiger partial charge in [0.05, 0.1) is 29.3 Å². The molecule has 2 heterocycles. The number of carboxylic acids is 1. The lowest BCUT2D eigenvalue weighted by molar-refractivity contribution is -0.187. The number of carbonyl (C=O) groups is 1. The first kappa shape index (κ1) is 13.9. The van der Waals surface area contributed by atoms with Crippen molar-refractivity contribution >= 4 is 23.5 Å². The van der Waals surface area contributed by atoms with Crippen LogP contribution in [0.25, 0.3) is 0 Å². The monoisotopic (exact) mass is 295 g/mol. The van der Waals surface area contributed by atoms with Crippen LogP contribution in [0.3, 0.4) is 0 Å². The van der Waals surface area contributed by atoms with E-state index in [4.69, 9.17) is 16.7 Å². The second-order valence-corrected chi connectivity index (χ2v) is 4.64. The van der Waals surface area contributed by atoms with Crippen molar-refractivity contribution in [3.05, 3.63) is 17.4 Å². The SMILES string of the molecule is O=C(O)[C@@H]1CN(c2ncc(Cl)cn2)C[C@@H]1C(F)(F)F. The summed E-state index contributed by atoms with van der Waals surface area (Å²) in [6.07, 6.45) is -2.06. The van der Waals surface area contributed by atoms with Gasteiger partial charge in [-0.2, -0.15) is 13.2 Å². The van der Waals surface area contributed by atoms with Crippen molar-refractivity contribution in [1.29, 1.82) is 0 Å². The van der Waals surface area contributed by atoms with Crippen LogP contribution in [0.1, 0.15) is 0 Å². The average molecular weight is 296 g/mol. The molecule has 1 aliphatic heterocycles. The normalized spacial score (nSPS) is 23.7. The Labute approximate surface area is 111 Å². The molecule has 1 fully saturated rings. The maximum Gasteiger partial charge on any atom is 0.394 e. The average Bonchev–Trinajstić information content (AvgIpc) is 2.74. The summed E-state index contributed by atoms with van der Waals surface area (Å²) >= 11 is 5.58. The number of aromatic nitrogens is 2. The molecular weight excluding hydrogens is 287 g/mol. The van der Waals surface area contributed by atoms with Crippen molar-refractivity contribution in [3.8, 4) is 0 Å². The van der Waals surface area contributed by atoms with Crippen LogP contribution in [0, 0.1) is 11.8 Å². The number of nitrogens with zero attached hydrogens (tertiary/aromatic N) is 3. The van der Waals surface area contributed by atoms with Crippen LogP contribution in [0.5, 0.6) is 0 Å². The minimum atomic E-state index is -4.57. The molecule has 1 saturated heterocycles. The molecule has 2 rings (SSSR count). The number of alkyl halides is 3. The third kappa shape index (κ3) is 2.89. The molecule has 0 unspecified atom stereocenters. The molecule has 19 heavy (non-hydrogen) atoms. The van der Waals surface area contributed by atoms with Crippen LogP contribution in [-0.4, -0.2) is 40.3 Å². The summed E-state index contributed by atoms with van der Waals surface area (Å²) in [6.45, 7) is -0.747. The largest absolute Gasteiger partial charge is 0.481 e. The van der Waals surface area contributed by atoms with E-state index in [9.17, 15) is 18.0 Å². The van der Waals surface area contributed by atoms with Crippen LogP contribution in [-0.2, 0) is 4.79 Å². The minimum absolute atomic E-state index is 0.0439. The second-order valence-electron chi connectivity index (χ2n) is 4.20. The molecule has 5 nitrogen and oxygen atoms in total. The van der Waals surface area contributed by atoms with Crippen LogP contribution in [0.2, 0.25) is 5.02 Å². The topological polar surface area (TPSA) is 66.3 Å². The zero-order chi connectivity index (χ0) is 14.2. The minimum Gasteiger partial charge on any atom is -0.481 e. The van der Waals surface area contributed by atoms with E-state index < -0.39 is 30.5 Å². The summed E-state index contributed by atoms with van der Waals surface area (Å²) < 4.78 is 38.3. The molecule has 9 heteroatoms. The zero-order valence-corrected chi connectivity index (χ0v) is 10.2. The Balaban J connectivity index is 2.23. The van der Waals surface area contributed by atoms with E-state index in [1.165, 1.54) is 17.3 Å². The van der Waals surface area contributed by atoms with E-state index >= 15 is 0 Å². The standard InChI is InChI=1S/C10H9ClF3N3O2/c11-5-1-15-9(16-2-5)17-3-6(8(18)19)7(4-17)10(12,13)14/h1-2,6-7H,3-4H2,(H,18,19)/t6-,7+/m1/s1. The number of hydrogen-bond donors (Lipinski definition) is 1. The summed E-state index contributed by atoms with van der Waals surface area (Å²) in [5, 5.41) is 9.12. The van der Waals surface area contributed by atoms with E-state index in [1.54, 1.807) is 0 Å². The van der Waals surface area contributed by atoms with Crippen molar-refractivity contribution in [2.24, 2.45) is 11.8 Å². The summed E-state index contributed by atoms with van der Waals surface area (Å²) in [7, 11) is 0. The number of rotatable bonds is 2. The highest BCUT2D eigenvalue weighted by molar-refractivity contribution is 6.30. The molecule has 0 bridgehead atoms. The van der Waals surface area contributed by atoms with Gasteiger partial charge in [0.15, 0.2) is 0 Å². The number of anilines is 1. The van der Waals surface area contributed by atoms with Gasteiger partial charge in [-0.05, 0) is 0 Å². The quantitative estimate of drug-likeness (QED) is 0.901. The summed E-state index contributed by atoms with van der Waals surface area (Å²) in [4.78, 5) is 19.7. The van der Waals surface area contributed by atoms with Crippen LogP contribution < -0.4 is 4.90 Å². The lowest BCUT2D eigenvalue weighted by Gasteiger charge is -2.18. The predicted octanol–water partition coefficient (Wildman–Crippen LogP) is 1.83. The van der Waals surface area contributed by atoms with Crippen molar-refractivity contribution in [1.82, 2.24) is 9.97 Å². The van der Waals surface area contributed by atoms with Gasteiger partial charge in [0.2, 0.25) is 5.95 Å². The Bertz CT molecular complexity index is 480. The van der Waals surface area contributed by atoms with Crippen LogP contribution >= 0.6 is 11.6 Å². The Morgan fingerprint density at radius 3 is 2.37 bits per heavy atom. The molecule has 0 spiro atoms. The molecule has 0 amide bonds. The van der Waals surface area contributed by atoms with E-state index in [0.29, 0.717) is 0 Å². The Morgan fingerprint density at radius 2 is 1.95 bits per heavy atom. The van der Waals surface area contributed by atoms with E-state index in [0.717, 1.165) is 0 Å². The first-order chi connectivity index (χ1) is 8.79. The molecule has 0 aliphatic carbocycles. The first-order valence-electron chi connectivity index (χ1n) is 5.31. The summed E-state index contributed by atoms with van der Waals surface area (Å²) in [5.74, 6) is -4.87. The number of aliphatic carboxylic acids is 1. The van der Waals surface area contributed by atoms with Gasteiger partial charge in [-0.15, -0.1) is 0 Å². The van der Waals surface area contributed by atoms with Crippen molar-refractivity contribution in [3.63, 3.8) is 0 Å². The van der Waals surface area contributed by atoms with Gasteiger partial charge in [-0.3, -0.25) is 4.79 Å². The third-order valence-electron chi connectivity index (χ3n) is 2.95.